The van der Waals surface area contributed by atoms with Crippen LogP contribution in [0.3, 0.4) is 0 Å². The Kier molecular flexibility index (Phi) is 13.2. The molecule has 2 rings (SSSR count). The summed E-state index contributed by atoms with van der Waals surface area (Å²) in [6.45, 7) is 6.60. The fourth-order valence-electron chi connectivity index (χ4n) is 3.48. The van der Waals surface area contributed by atoms with Crippen LogP contribution in [-0.4, -0.2) is 61.8 Å². The van der Waals surface area contributed by atoms with Crippen molar-refractivity contribution in [2.24, 2.45) is 10.9 Å². The molecule has 1 fully saturated rings. The number of rotatable bonds is 10. The van der Waals surface area contributed by atoms with Gasteiger partial charge in [-0.3, -0.25) is 4.99 Å². The SMILES string of the molecule is CCNC(=NCC(O)c1ccc(OC(F)F)cc1)NCCC1CCN(CC)CC1.I. The van der Waals surface area contributed by atoms with E-state index in [1.165, 1.54) is 38.1 Å². The van der Waals surface area contributed by atoms with Crippen molar-refractivity contribution in [2.75, 3.05) is 39.3 Å². The quantitative estimate of drug-likeness (QED) is 0.241. The summed E-state index contributed by atoms with van der Waals surface area (Å²) in [7, 11) is 0. The Bertz CT molecular complexity index is 612. The first-order valence-electron chi connectivity index (χ1n) is 10.5. The van der Waals surface area contributed by atoms with E-state index < -0.39 is 12.7 Å². The second kappa shape index (κ2) is 14.7. The minimum absolute atomic E-state index is 0. The largest absolute Gasteiger partial charge is 0.435 e. The maximum atomic E-state index is 12.2. The molecule has 1 aliphatic rings. The average molecular weight is 540 g/mol. The molecule has 1 atom stereocenters. The van der Waals surface area contributed by atoms with Crippen LogP contribution >= 0.6 is 24.0 Å². The van der Waals surface area contributed by atoms with Crippen molar-refractivity contribution in [3.63, 3.8) is 0 Å². The minimum atomic E-state index is -2.86. The molecule has 1 aromatic rings. The molecule has 172 valence electrons. The molecule has 1 aliphatic heterocycles. The Morgan fingerprint density at radius 1 is 1.20 bits per heavy atom. The first-order valence-corrected chi connectivity index (χ1v) is 10.5. The summed E-state index contributed by atoms with van der Waals surface area (Å²) in [4.78, 5) is 6.94. The van der Waals surface area contributed by atoms with Gasteiger partial charge in [0.1, 0.15) is 5.75 Å². The van der Waals surface area contributed by atoms with Crippen molar-refractivity contribution in [3.05, 3.63) is 29.8 Å². The number of benzene rings is 1. The molecule has 1 heterocycles. The third-order valence-electron chi connectivity index (χ3n) is 5.26. The monoisotopic (exact) mass is 540 g/mol. The van der Waals surface area contributed by atoms with Gasteiger partial charge in [0, 0.05) is 13.1 Å². The number of aliphatic hydroxyl groups is 1. The first-order chi connectivity index (χ1) is 14.0. The van der Waals surface area contributed by atoms with E-state index in [0.29, 0.717) is 11.5 Å². The highest BCUT2D eigenvalue weighted by atomic mass is 127. The van der Waals surface area contributed by atoms with Gasteiger partial charge in [0.15, 0.2) is 5.96 Å². The number of nitrogens with zero attached hydrogens (tertiary/aromatic N) is 2. The maximum absolute atomic E-state index is 12.2. The summed E-state index contributed by atoms with van der Waals surface area (Å²) in [5.41, 5.74) is 0.605. The molecule has 9 heteroatoms. The number of hydrogen-bond acceptors (Lipinski definition) is 4. The summed E-state index contributed by atoms with van der Waals surface area (Å²) in [6, 6.07) is 5.98. The Labute approximate surface area is 195 Å². The zero-order valence-electron chi connectivity index (χ0n) is 17.8. The first kappa shape index (κ1) is 26.8. The van der Waals surface area contributed by atoms with E-state index in [-0.39, 0.29) is 36.3 Å². The third kappa shape index (κ3) is 9.74. The summed E-state index contributed by atoms with van der Waals surface area (Å²) >= 11 is 0. The van der Waals surface area contributed by atoms with Crippen molar-refractivity contribution in [1.82, 2.24) is 15.5 Å². The fraction of sp³-hybridized carbons (Fsp3) is 0.667. The number of piperidine rings is 1. The van der Waals surface area contributed by atoms with Crippen LogP contribution in [0.15, 0.2) is 29.3 Å². The van der Waals surface area contributed by atoms with Crippen LogP contribution in [0.1, 0.15) is 44.8 Å². The molecule has 1 unspecified atom stereocenters. The van der Waals surface area contributed by atoms with Gasteiger partial charge in [0.2, 0.25) is 0 Å². The molecule has 0 radical (unpaired) electrons. The van der Waals surface area contributed by atoms with E-state index in [9.17, 15) is 13.9 Å². The average Bonchev–Trinajstić information content (AvgIpc) is 2.72. The van der Waals surface area contributed by atoms with Gasteiger partial charge in [-0.05, 0) is 69.4 Å². The van der Waals surface area contributed by atoms with E-state index >= 15 is 0 Å². The predicted molar refractivity (Wildman–Crippen MR) is 127 cm³/mol. The Hall–Kier alpha value is -1.20. The lowest BCUT2D eigenvalue weighted by molar-refractivity contribution is -0.0498. The summed E-state index contributed by atoms with van der Waals surface area (Å²) in [5.74, 6) is 1.49. The van der Waals surface area contributed by atoms with Crippen LogP contribution in [0.4, 0.5) is 8.78 Å². The normalized spacial score (nSPS) is 16.8. The van der Waals surface area contributed by atoms with Gasteiger partial charge in [-0.15, -0.1) is 24.0 Å². The number of aliphatic imine (C=N–C) groups is 1. The van der Waals surface area contributed by atoms with Gasteiger partial charge in [-0.2, -0.15) is 8.78 Å². The number of halogens is 3. The number of nitrogens with one attached hydrogen (secondary N) is 2. The number of aliphatic hydroxyl groups excluding tert-OH is 1. The van der Waals surface area contributed by atoms with Gasteiger partial charge in [0.05, 0.1) is 12.6 Å². The lowest BCUT2D eigenvalue weighted by Crippen LogP contribution is -2.39. The molecule has 0 amide bonds. The third-order valence-corrected chi connectivity index (χ3v) is 5.26. The van der Waals surface area contributed by atoms with Crippen LogP contribution in [0.5, 0.6) is 5.75 Å². The van der Waals surface area contributed by atoms with E-state index in [4.69, 9.17) is 0 Å². The van der Waals surface area contributed by atoms with Crippen LogP contribution < -0.4 is 15.4 Å². The summed E-state index contributed by atoms with van der Waals surface area (Å²) in [6.07, 6.45) is 2.78. The fourth-order valence-corrected chi connectivity index (χ4v) is 3.48. The van der Waals surface area contributed by atoms with Crippen molar-refractivity contribution in [3.8, 4) is 5.75 Å². The molecule has 0 spiro atoms. The zero-order valence-corrected chi connectivity index (χ0v) is 20.1. The molecule has 1 aromatic carbocycles. The zero-order chi connectivity index (χ0) is 21.1. The van der Waals surface area contributed by atoms with Crippen LogP contribution in [0.2, 0.25) is 0 Å². The molecule has 6 nitrogen and oxygen atoms in total. The van der Waals surface area contributed by atoms with E-state index in [0.717, 1.165) is 32.0 Å². The lowest BCUT2D eigenvalue weighted by atomic mass is 9.93. The van der Waals surface area contributed by atoms with E-state index in [1.807, 2.05) is 6.92 Å². The van der Waals surface area contributed by atoms with Crippen molar-refractivity contribution >= 4 is 29.9 Å². The number of hydrogen-bond donors (Lipinski definition) is 3. The van der Waals surface area contributed by atoms with Crippen molar-refractivity contribution in [1.29, 1.82) is 0 Å². The minimum Gasteiger partial charge on any atom is -0.435 e. The molecule has 0 aliphatic carbocycles. The standard InChI is InChI=1S/C21H34F2N4O2.HI/c1-3-24-21(25-12-9-16-10-13-27(4-2)14-11-16)26-15-19(28)17-5-7-18(8-6-17)29-20(22)23;/h5-8,16,19-20,28H,3-4,9-15H2,1-2H3,(H2,24,25,26);1H. The Balaban J connectivity index is 0.00000450. The predicted octanol–water partition coefficient (Wildman–Crippen LogP) is 3.62. The lowest BCUT2D eigenvalue weighted by Gasteiger charge is -2.31. The molecule has 0 aromatic heterocycles. The highest BCUT2D eigenvalue weighted by Gasteiger charge is 2.17. The van der Waals surface area contributed by atoms with E-state index in [2.05, 4.69) is 32.2 Å². The summed E-state index contributed by atoms with van der Waals surface area (Å²) in [5, 5.41) is 16.9. The molecular weight excluding hydrogens is 505 g/mol. The number of alkyl halides is 2. The molecule has 0 bridgehead atoms. The molecule has 0 saturated carbocycles. The number of ether oxygens (including phenoxy) is 1. The molecule has 1 saturated heterocycles. The second-order valence-electron chi connectivity index (χ2n) is 7.28. The Morgan fingerprint density at radius 2 is 1.87 bits per heavy atom. The van der Waals surface area contributed by atoms with Gasteiger partial charge in [-0.1, -0.05) is 19.1 Å². The molecule has 30 heavy (non-hydrogen) atoms. The van der Waals surface area contributed by atoms with Crippen LogP contribution in [-0.2, 0) is 0 Å². The Morgan fingerprint density at radius 3 is 2.43 bits per heavy atom. The topological polar surface area (TPSA) is 69.1 Å². The van der Waals surface area contributed by atoms with Gasteiger partial charge in [-0.25, -0.2) is 0 Å². The number of guanidine groups is 1. The molecular formula is C21H35F2IN4O2. The number of likely N-dealkylation sites (tertiary alicyclic amines) is 1. The van der Waals surface area contributed by atoms with Crippen molar-refractivity contribution < 1.29 is 18.6 Å². The highest BCUT2D eigenvalue weighted by Crippen LogP contribution is 2.20. The van der Waals surface area contributed by atoms with Crippen LogP contribution in [0, 0.1) is 5.92 Å². The smallest absolute Gasteiger partial charge is 0.387 e. The van der Waals surface area contributed by atoms with E-state index in [1.54, 1.807) is 12.1 Å². The second-order valence-corrected chi connectivity index (χ2v) is 7.28. The van der Waals surface area contributed by atoms with Gasteiger partial charge in [0.25, 0.3) is 0 Å². The van der Waals surface area contributed by atoms with Gasteiger partial charge < -0.3 is 25.4 Å². The summed E-state index contributed by atoms with van der Waals surface area (Å²) < 4.78 is 28.7. The van der Waals surface area contributed by atoms with Gasteiger partial charge >= 0.3 is 6.61 Å². The highest BCUT2D eigenvalue weighted by molar-refractivity contribution is 14.0. The molecule has 3 N–H and O–H groups in total. The van der Waals surface area contributed by atoms with Crippen molar-refractivity contribution in [2.45, 2.75) is 45.8 Å². The maximum Gasteiger partial charge on any atom is 0.387 e. The van der Waals surface area contributed by atoms with Crippen LogP contribution in [0.25, 0.3) is 0 Å².